The van der Waals surface area contributed by atoms with Crippen LogP contribution in [0.1, 0.15) is 52.9 Å². The SMILES string of the molecule is CCc1cccc(CC)c1-c1cc(C)c(CNCc2ccccc2C(F)(F)F)c(C)n1. The molecule has 0 bridgehead atoms. The summed E-state index contributed by atoms with van der Waals surface area (Å²) in [5.74, 6) is 0. The number of aromatic nitrogens is 1. The number of aryl methyl sites for hydroxylation is 4. The predicted octanol–water partition coefficient (Wildman–Crippen LogP) is 6.80. The van der Waals surface area contributed by atoms with Gasteiger partial charge in [0.25, 0.3) is 0 Å². The number of pyridine rings is 1. The molecule has 0 spiro atoms. The number of hydrogen-bond donors (Lipinski definition) is 1. The summed E-state index contributed by atoms with van der Waals surface area (Å²) in [6.07, 6.45) is -2.48. The Morgan fingerprint density at radius 3 is 2.03 bits per heavy atom. The zero-order valence-corrected chi connectivity index (χ0v) is 18.5. The van der Waals surface area contributed by atoms with Crippen LogP contribution in [-0.4, -0.2) is 4.98 Å². The molecule has 2 aromatic carbocycles. The van der Waals surface area contributed by atoms with Gasteiger partial charge in [-0.15, -0.1) is 0 Å². The Morgan fingerprint density at radius 2 is 1.45 bits per heavy atom. The van der Waals surface area contributed by atoms with E-state index in [2.05, 4.69) is 43.4 Å². The highest BCUT2D eigenvalue weighted by atomic mass is 19.4. The predicted molar refractivity (Wildman–Crippen MR) is 120 cm³/mol. The quantitative estimate of drug-likeness (QED) is 0.449. The average Bonchev–Trinajstić information content (AvgIpc) is 2.74. The van der Waals surface area contributed by atoms with Crippen LogP contribution in [0.2, 0.25) is 0 Å². The maximum Gasteiger partial charge on any atom is 0.416 e. The number of alkyl halides is 3. The Balaban J connectivity index is 1.84. The van der Waals surface area contributed by atoms with Gasteiger partial charge in [-0.2, -0.15) is 13.2 Å². The summed E-state index contributed by atoms with van der Waals surface area (Å²) in [5.41, 5.74) is 7.41. The highest BCUT2D eigenvalue weighted by molar-refractivity contribution is 5.69. The molecule has 0 aliphatic heterocycles. The maximum atomic E-state index is 13.2. The summed E-state index contributed by atoms with van der Waals surface area (Å²) >= 11 is 0. The highest BCUT2D eigenvalue weighted by Crippen LogP contribution is 2.32. The van der Waals surface area contributed by atoms with Crippen LogP contribution >= 0.6 is 0 Å². The minimum atomic E-state index is -4.35. The molecule has 164 valence electrons. The van der Waals surface area contributed by atoms with Crippen LogP contribution in [0.4, 0.5) is 13.2 Å². The first-order valence-corrected chi connectivity index (χ1v) is 10.7. The molecule has 0 atom stereocenters. The molecule has 0 saturated heterocycles. The summed E-state index contributed by atoms with van der Waals surface area (Å²) < 4.78 is 39.7. The van der Waals surface area contributed by atoms with E-state index in [9.17, 15) is 13.2 Å². The van der Waals surface area contributed by atoms with Crippen LogP contribution < -0.4 is 5.32 Å². The lowest BCUT2D eigenvalue weighted by Crippen LogP contribution is -2.18. The van der Waals surface area contributed by atoms with Crippen LogP contribution in [0, 0.1) is 13.8 Å². The lowest BCUT2D eigenvalue weighted by Gasteiger charge is -2.17. The van der Waals surface area contributed by atoms with Gasteiger partial charge in [-0.3, -0.25) is 4.98 Å². The van der Waals surface area contributed by atoms with Gasteiger partial charge in [0.05, 0.1) is 11.3 Å². The van der Waals surface area contributed by atoms with Gasteiger partial charge >= 0.3 is 6.18 Å². The molecule has 2 nitrogen and oxygen atoms in total. The fourth-order valence-corrected chi connectivity index (χ4v) is 4.10. The zero-order chi connectivity index (χ0) is 22.6. The number of benzene rings is 2. The normalized spacial score (nSPS) is 11.7. The van der Waals surface area contributed by atoms with Gasteiger partial charge in [0, 0.05) is 24.3 Å². The van der Waals surface area contributed by atoms with Gasteiger partial charge in [0.2, 0.25) is 0 Å². The van der Waals surface area contributed by atoms with Crippen molar-refractivity contribution in [3.63, 3.8) is 0 Å². The number of nitrogens with one attached hydrogen (secondary N) is 1. The minimum absolute atomic E-state index is 0.148. The van der Waals surface area contributed by atoms with Gasteiger partial charge in [-0.05, 0) is 66.6 Å². The molecule has 0 saturated carbocycles. The first kappa shape index (κ1) is 23.0. The number of nitrogens with zero attached hydrogens (tertiary/aromatic N) is 1. The van der Waals surface area contributed by atoms with E-state index in [-0.39, 0.29) is 12.1 Å². The standard InChI is InChI=1S/C26H29F3N2/c1-5-19-11-9-12-20(6-2)25(19)24-14-17(3)22(18(4)31-24)16-30-15-21-10-7-8-13-23(21)26(27,28)29/h7-14,30H,5-6,15-16H2,1-4H3. The van der Waals surface area contributed by atoms with E-state index in [0.717, 1.165) is 41.4 Å². The van der Waals surface area contributed by atoms with Crippen molar-refractivity contribution in [3.8, 4) is 11.3 Å². The van der Waals surface area contributed by atoms with E-state index in [1.165, 1.54) is 28.8 Å². The topological polar surface area (TPSA) is 24.9 Å². The van der Waals surface area contributed by atoms with Crippen LogP contribution in [0.15, 0.2) is 48.5 Å². The smallest absolute Gasteiger partial charge is 0.309 e. The fourth-order valence-electron chi connectivity index (χ4n) is 4.10. The third-order valence-electron chi connectivity index (χ3n) is 5.75. The first-order valence-electron chi connectivity index (χ1n) is 10.7. The second-order valence-corrected chi connectivity index (χ2v) is 7.81. The average molecular weight is 427 g/mol. The molecular weight excluding hydrogens is 397 g/mol. The van der Waals surface area contributed by atoms with Gasteiger partial charge in [-0.25, -0.2) is 0 Å². The van der Waals surface area contributed by atoms with Crippen molar-refractivity contribution in [1.29, 1.82) is 0 Å². The van der Waals surface area contributed by atoms with Gasteiger partial charge in [0.15, 0.2) is 0 Å². The molecule has 5 heteroatoms. The van der Waals surface area contributed by atoms with E-state index in [4.69, 9.17) is 4.98 Å². The molecule has 1 N–H and O–H groups in total. The Labute approximate surface area is 182 Å². The number of hydrogen-bond acceptors (Lipinski definition) is 2. The Morgan fingerprint density at radius 1 is 0.839 bits per heavy atom. The van der Waals surface area contributed by atoms with Crippen molar-refractivity contribution in [2.24, 2.45) is 0 Å². The molecule has 0 radical (unpaired) electrons. The van der Waals surface area contributed by atoms with Crippen molar-refractivity contribution in [2.75, 3.05) is 0 Å². The molecule has 3 aromatic rings. The van der Waals surface area contributed by atoms with E-state index in [1.807, 2.05) is 13.8 Å². The second kappa shape index (κ2) is 9.65. The Bertz CT molecular complexity index is 1010. The van der Waals surface area contributed by atoms with Crippen LogP contribution in [0.3, 0.4) is 0 Å². The number of rotatable bonds is 7. The molecule has 0 amide bonds. The van der Waals surface area contributed by atoms with Gasteiger partial charge in [0.1, 0.15) is 0 Å². The van der Waals surface area contributed by atoms with Crippen molar-refractivity contribution < 1.29 is 13.2 Å². The maximum absolute atomic E-state index is 13.2. The summed E-state index contributed by atoms with van der Waals surface area (Å²) in [6, 6.07) is 14.2. The molecule has 31 heavy (non-hydrogen) atoms. The largest absolute Gasteiger partial charge is 0.416 e. The van der Waals surface area contributed by atoms with Gasteiger partial charge in [-0.1, -0.05) is 50.2 Å². The van der Waals surface area contributed by atoms with E-state index in [0.29, 0.717) is 6.54 Å². The third-order valence-corrected chi connectivity index (χ3v) is 5.75. The monoisotopic (exact) mass is 426 g/mol. The van der Waals surface area contributed by atoms with Crippen LogP contribution in [-0.2, 0) is 32.1 Å². The van der Waals surface area contributed by atoms with Crippen LogP contribution in [0.5, 0.6) is 0 Å². The molecule has 0 aliphatic rings. The van der Waals surface area contributed by atoms with E-state index in [1.54, 1.807) is 6.07 Å². The van der Waals surface area contributed by atoms with E-state index < -0.39 is 11.7 Å². The molecule has 0 unspecified atom stereocenters. The van der Waals surface area contributed by atoms with Crippen LogP contribution in [0.25, 0.3) is 11.3 Å². The summed E-state index contributed by atoms with van der Waals surface area (Å²) in [4.78, 5) is 4.88. The van der Waals surface area contributed by atoms with Crippen molar-refractivity contribution >= 4 is 0 Å². The fraction of sp³-hybridized carbons (Fsp3) is 0.346. The minimum Gasteiger partial charge on any atom is -0.309 e. The van der Waals surface area contributed by atoms with Crippen molar-refractivity contribution in [2.45, 2.75) is 59.8 Å². The number of halogens is 3. The molecule has 0 fully saturated rings. The summed E-state index contributed by atoms with van der Waals surface area (Å²) in [6.45, 7) is 8.92. The second-order valence-electron chi connectivity index (χ2n) is 7.81. The van der Waals surface area contributed by atoms with E-state index >= 15 is 0 Å². The Hall–Kier alpha value is -2.66. The molecular formula is C26H29F3N2. The molecule has 1 heterocycles. The van der Waals surface area contributed by atoms with Crippen molar-refractivity contribution in [1.82, 2.24) is 10.3 Å². The van der Waals surface area contributed by atoms with Gasteiger partial charge < -0.3 is 5.32 Å². The summed E-state index contributed by atoms with van der Waals surface area (Å²) in [7, 11) is 0. The summed E-state index contributed by atoms with van der Waals surface area (Å²) in [5, 5.41) is 3.18. The molecule has 0 aliphatic carbocycles. The highest BCUT2D eigenvalue weighted by Gasteiger charge is 2.32. The molecule has 1 aromatic heterocycles. The van der Waals surface area contributed by atoms with Crippen molar-refractivity contribution in [3.05, 3.63) is 87.6 Å². The lowest BCUT2D eigenvalue weighted by molar-refractivity contribution is -0.138. The third kappa shape index (κ3) is 5.16. The molecule has 3 rings (SSSR count). The first-order chi connectivity index (χ1) is 14.8. The zero-order valence-electron chi connectivity index (χ0n) is 18.5. The lowest BCUT2D eigenvalue weighted by atomic mass is 9.93. The Kier molecular flexibility index (Phi) is 7.16.